The smallest absolute Gasteiger partial charge is 0.274 e. The Balaban J connectivity index is 1.45. The third-order valence-electron chi connectivity index (χ3n) is 7.31. The van der Waals surface area contributed by atoms with Crippen LogP contribution in [0.1, 0.15) is 27.5 Å². The van der Waals surface area contributed by atoms with Crippen molar-refractivity contribution in [1.82, 2.24) is 4.98 Å². The maximum Gasteiger partial charge on any atom is 0.274 e. The summed E-state index contributed by atoms with van der Waals surface area (Å²) in [6, 6.07) is 28.7. The Bertz CT molecular complexity index is 1610. The van der Waals surface area contributed by atoms with E-state index in [1.165, 1.54) is 10.9 Å². The Hall–Kier alpha value is -3.96. The van der Waals surface area contributed by atoms with Crippen molar-refractivity contribution in [2.75, 3.05) is 36.4 Å². The predicted octanol–water partition coefficient (Wildman–Crippen LogP) is 6.95. The van der Waals surface area contributed by atoms with Gasteiger partial charge in [0.1, 0.15) is 11.4 Å². The van der Waals surface area contributed by atoms with E-state index >= 15 is 0 Å². The molecule has 1 amide bonds. The summed E-state index contributed by atoms with van der Waals surface area (Å²) < 4.78 is 5.36. The standard InChI is InChI=1S/C31H28ClN3O2/c1-34(18-20-8-4-3-5-9-20)28-16-29-30(25-11-7-6-10-24(25)28)22(17-32)19-35(29)31(36)27-15-21-14-23(37-2)12-13-26(21)33-27/h3-16,22,33H,17-19H2,1-2H3. The van der Waals surface area contributed by atoms with Crippen molar-refractivity contribution in [2.24, 2.45) is 0 Å². The van der Waals surface area contributed by atoms with Gasteiger partial charge in [0.2, 0.25) is 0 Å². The highest BCUT2D eigenvalue weighted by Gasteiger charge is 2.35. The second kappa shape index (κ2) is 9.49. The average Bonchev–Trinajstić information content (AvgIpc) is 3.54. The van der Waals surface area contributed by atoms with Gasteiger partial charge in [-0.25, -0.2) is 0 Å². The van der Waals surface area contributed by atoms with E-state index in [2.05, 4.69) is 71.5 Å². The molecule has 0 spiro atoms. The number of alkyl halides is 1. The largest absolute Gasteiger partial charge is 0.497 e. The molecule has 0 aliphatic carbocycles. The number of fused-ring (bicyclic) bond motifs is 4. The Labute approximate surface area is 221 Å². The first kappa shape index (κ1) is 23.4. The molecule has 0 radical (unpaired) electrons. The molecule has 6 heteroatoms. The van der Waals surface area contributed by atoms with Gasteiger partial charge in [0.15, 0.2) is 0 Å². The fraction of sp³-hybridized carbons (Fsp3) is 0.194. The number of benzene rings is 4. The van der Waals surface area contributed by atoms with Crippen molar-refractivity contribution in [3.8, 4) is 5.75 Å². The molecule has 0 saturated carbocycles. The van der Waals surface area contributed by atoms with Crippen LogP contribution >= 0.6 is 11.6 Å². The van der Waals surface area contributed by atoms with Crippen LogP contribution in [0.15, 0.2) is 84.9 Å². The average molecular weight is 510 g/mol. The number of nitrogens with zero attached hydrogens (tertiary/aromatic N) is 2. The van der Waals surface area contributed by atoms with Gasteiger partial charge in [0.05, 0.1) is 12.8 Å². The lowest BCUT2D eigenvalue weighted by atomic mass is 9.94. The minimum atomic E-state index is -0.0593. The molecular formula is C31H28ClN3O2. The van der Waals surface area contributed by atoms with Gasteiger partial charge < -0.3 is 19.5 Å². The number of nitrogens with one attached hydrogen (secondary N) is 1. The first-order valence-electron chi connectivity index (χ1n) is 12.4. The zero-order chi connectivity index (χ0) is 25.5. The van der Waals surface area contributed by atoms with Crippen LogP contribution < -0.4 is 14.5 Å². The number of H-pyrrole nitrogens is 1. The monoisotopic (exact) mass is 509 g/mol. The van der Waals surface area contributed by atoms with Crippen LogP contribution in [0.5, 0.6) is 5.75 Å². The Morgan fingerprint density at radius 2 is 1.78 bits per heavy atom. The molecule has 0 bridgehead atoms. The number of halogens is 1. The molecule has 1 aliphatic heterocycles. The molecule has 1 unspecified atom stereocenters. The van der Waals surface area contributed by atoms with Gasteiger partial charge in [-0.05, 0) is 46.8 Å². The number of rotatable bonds is 6. The second-order valence-corrected chi connectivity index (χ2v) is 9.93. The van der Waals surface area contributed by atoms with Crippen LogP contribution in [0.25, 0.3) is 21.7 Å². The summed E-state index contributed by atoms with van der Waals surface area (Å²) in [5.41, 5.74) is 5.85. The van der Waals surface area contributed by atoms with E-state index in [0.29, 0.717) is 18.1 Å². The molecule has 0 fully saturated rings. The van der Waals surface area contributed by atoms with Gasteiger partial charge in [0.25, 0.3) is 5.91 Å². The molecule has 6 rings (SSSR count). The fourth-order valence-electron chi connectivity index (χ4n) is 5.50. The molecule has 186 valence electrons. The van der Waals surface area contributed by atoms with Crippen LogP contribution in [0.4, 0.5) is 11.4 Å². The van der Waals surface area contributed by atoms with E-state index in [1.807, 2.05) is 35.2 Å². The fourth-order valence-corrected chi connectivity index (χ4v) is 5.75. The van der Waals surface area contributed by atoms with E-state index in [1.54, 1.807) is 7.11 Å². The molecular weight excluding hydrogens is 482 g/mol. The lowest BCUT2D eigenvalue weighted by Crippen LogP contribution is -2.30. The highest BCUT2D eigenvalue weighted by Crippen LogP contribution is 2.46. The summed E-state index contributed by atoms with van der Waals surface area (Å²) in [5.74, 6) is 1.21. The van der Waals surface area contributed by atoms with Gasteiger partial charge in [0, 0.05) is 53.9 Å². The number of hydrogen-bond donors (Lipinski definition) is 1. The van der Waals surface area contributed by atoms with E-state index in [-0.39, 0.29) is 11.8 Å². The summed E-state index contributed by atoms with van der Waals surface area (Å²) in [6.07, 6.45) is 0. The summed E-state index contributed by atoms with van der Waals surface area (Å²) in [6.45, 7) is 1.31. The minimum absolute atomic E-state index is 0.0588. The van der Waals surface area contributed by atoms with Crippen molar-refractivity contribution in [2.45, 2.75) is 12.5 Å². The van der Waals surface area contributed by atoms with Gasteiger partial charge in [-0.3, -0.25) is 4.79 Å². The predicted molar refractivity (Wildman–Crippen MR) is 152 cm³/mol. The van der Waals surface area contributed by atoms with Crippen molar-refractivity contribution in [3.63, 3.8) is 0 Å². The Morgan fingerprint density at radius 1 is 1.03 bits per heavy atom. The minimum Gasteiger partial charge on any atom is -0.497 e. The van der Waals surface area contributed by atoms with E-state index in [4.69, 9.17) is 16.3 Å². The molecule has 1 atom stereocenters. The summed E-state index contributed by atoms with van der Waals surface area (Å²) in [7, 11) is 3.75. The SMILES string of the molecule is COc1ccc2[nH]c(C(=O)N3CC(CCl)c4c3cc(N(C)Cc3ccccc3)c3ccccc43)cc2c1. The molecule has 0 saturated heterocycles. The van der Waals surface area contributed by atoms with Gasteiger partial charge in [-0.15, -0.1) is 11.6 Å². The lowest BCUT2D eigenvalue weighted by Gasteiger charge is -2.25. The van der Waals surface area contributed by atoms with Crippen LogP contribution in [-0.4, -0.2) is 37.5 Å². The molecule has 5 aromatic rings. The molecule has 4 aromatic carbocycles. The summed E-state index contributed by atoms with van der Waals surface area (Å²) in [4.78, 5) is 21.4. The third-order valence-corrected chi connectivity index (χ3v) is 7.68. The first-order chi connectivity index (χ1) is 18.1. The summed E-state index contributed by atoms with van der Waals surface area (Å²) in [5, 5.41) is 3.26. The van der Waals surface area contributed by atoms with Crippen LogP contribution in [-0.2, 0) is 6.54 Å². The topological polar surface area (TPSA) is 48.6 Å². The van der Waals surface area contributed by atoms with Crippen molar-refractivity contribution >= 4 is 50.6 Å². The maximum atomic E-state index is 13.9. The molecule has 2 heterocycles. The Morgan fingerprint density at radius 3 is 2.54 bits per heavy atom. The maximum absolute atomic E-state index is 13.9. The van der Waals surface area contributed by atoms with Gasteiger partial charge in [-0.2, -0.15) is 0 Å². The molecule has 1 aliphatic rings. The van der Waals surface area contributed by atoms with Crippen molar-refractivity contribution in [1.29, 1.82) is 0 Å². The van der Waals surface area contributed by atoms with Crippen LogP contribution in [0, 0.1) is 0 Å². The number of amides is 1. The van der Waals surface area contributed by atoms with E-state index in [0.717, 1.165) is 45.5 Å². The zero-order valence-corrected chi connectivity index (χ0v) is 21.6. The van der Waals surface area contributed by atoms with Crippen molar-refractivity contribution < 1.29 is 9.53 Å². The van der Waals surface area contributed by atoms with Crippen molar-refractivity contribution in [3.05, 3.63) is 102 Å². The lowest BCUT2D eigenvalue weighted by molar-refractivity contribution is 0.0984. The number of methoxy groups -OCH3 is 1. The van der Waals surface area contributed by atoms with E-state index in [9.17, 15) is 4.79 Å². The number of carbonyl (C=O) groups excluding carboxylic acids is 1. The third kappa shape index (κ3) is 4.09. The normalized spacial score (nSPS) is 14.8. The highest BCUT2D eigenvalue weighted by atomic mass is 35.5. The number of carbonyl (C=O) groups is 1. The molecule has 1 aromatic heterocycles. The number of hydrogen-bond acceptors (Lipinski definition) is 3. The quantitative estimate of drug-likeness (QED) is 0.252. The molecule has 37 heavy (non-hydrogen) atoms. The van der Waals surface area contributed by atoms with E-state index < -0.39 is 0 Å². The number of aromatic amines is 1. The zero-order valence-electron chi connectivity index (χ0n) is 20.9. The second-order valence-electron chi connectivity index (χ2n) is 9.62. The highest BCUT2D eigenvalue weighted by molar-refractivity contribution is 6.19. The number of anilines is 2. The van der Waals surface area contributed by atoms with Crippen LogP contribution in [0.3, 0.4) is 0 Å². The number of ether oxygens (including phenoxy) is 1. The molecule has 1 N–H and O–H groups in total. The number of aromatic nitrogens is 1. The Kier molecular flexibility index (Phi) is 6.01. The first-order valence-corrected chi connectivity index (χ1v) is 13.0. The molecule has 5 nitrogen and oxygen atoms in total. The van der Waals surface area contributed by atoms with Crippen LogP contribution in [0.2, 0.25) is 0 Å². The summed E-state index contributed by atoms with van der Waals surface area (Å²) >= 11 is 6.49. The van der Waals surface area contributed by atoms with Gasteiger partial charge in [-0.1, -0.05) is 54.6 Å². The van der Waals surface area contributed by atoms with Gasteiger partial charge >= 0.3 is 0 Å².